The van der Waals surface area contributed by atoms with Gasteiger partial charge < -0.3 is 19.6 Å². The Labute approximate surface area is 113 Å². The predicted octanol–water partition coefficient (Wildman–Crippen LogP) is 3.13. The minimum atomic E-state index is 0.0227. The van der Waals surface area contributed by atoms with Crippen LogP contribution in [0.25, 0.3) is 0 Å². The molecule has 0 aliphatic heterocycles. The van der Waals surface area contributed by atoms with Crippen LogP contribution in [0.4, 0.5) is 5.69 Å². The van der Waals surface area contributed by atoms with Gasteiger partial charge in [0, 0.05) is 5.69 Å². The molecule has 0 saturated carbocycles. The van der Waals surface area contributed by atoms with Crippen LogP contribution >= 0.6 is 0 Å². The van der Waals surface area contributed by atoms with Gasteiger partial charge in [0.2, 0.25) is 0 Å². The largest absolute Gasteiger partial charge is 0.491 e. The molecule has 2 N–H and O–H groups in total. The first-order valence-electron chi connectivity index (χ1n) is 6.35. The molecule has 4 nitrogen and oxygen atoms in total. The molecule has 0 amide bonds. The summed E-state index contributed by atoms with van der Waals surface area (Å²) in [6.45, 7) is 4.32. The van der Waals surface area contributed by atoms with Crippen molar-refractivity contribution in [3.63, 3.8) is 0 Å². The van der Waals surface area contributed by atoms with Gasteiger partial charge in [-0.1, -0.05) is 0 Å². The molecule has 0 saturated heterocycles. The minimum Gasteiger partial charge on any atom is -0.491 e. The van der Waals surface area contributed by atoms with Crippen molar-refractivity contribution in [2.75, 3.05) is 18.5 Å². The van der Waals surface area contributed by atoms with Gasteiger partial charge in [0.05, 0.1) is 12.6 Å². The molecule has 0 fully saturated rings. The molecule has 2 aromatic rings. The SMILES string of the molecule is Cc1ccc(C(C)Nc2ccc(OCCO)cc2)o1. The molecule has 1 unspecified atom stereocenters. The summed E-state index contributed by atoms with van der Waals surface area (Å²) < 4.78 is 10.9. The van der Waals surface area contributed by atoms with Gasteiger partial charge in [-0.2, -0.15) is 0 Å². The molecule has 1 atom stereocenters. The Morgan fingerprint density at radius 1 is 1.21 bits per heavy atom. The molecule has 4 heteroatoms. The van der Waals surface area contributed by atoms with Crippen LogP contribution in [-0.2, 0) is 0 Å². The Morgan fingerprint density at radius 3 is 2.53 bits per heavy atom. The fraction of sp³-hybridized carbons (Fsp3) is 0.333. The zero-order valence-electron chi connectivity index (χ0n) is 11.2. The van der Waals surface area contributed by atoms with E-state index in [4.69, 9.17) is 14.3 Å². The highest BCUT2D eigenvalue weighted by molar-refractivity contribution is 5.47. The van der Waals surface area contributed by atoms with E-state index >= 15 is 0 Å². The van der Waals surface area contributed by atoms with Crippen LogP contribution in [0.5, 0.6) is 5.75 Å². The predicted molar refractivity (Wildman–Crippen MR) is 74.5 cm³/mol. The smallest absolute Gasteiger partial charge is 0.126 e. The Kier molecular flexibility index (Phi) is 4.47. The number of hydrogen-bond acceptors (Lipinski definition) is 4. The van der Waals surface area contributed by atoms with Crippen molar-refractivity contribution in [3.05, 3.63) is 47.9 Å². The molecule has 0 aliphatic carbocycles. The molecular weight excluding hydrogens is 242 g/mol. The van der Waals surface area contributed by atoms with E-state index in [0.717, 1.165) is 23.0 Å². The number of nitrogens with one attached hydrogen (secondary N) is 1. The second-order valence-corrected chi connectivity index (χ2v) is 4.41. The molecule has 2 rings (SSSR count). The zero-order valence-corrected chi connectivity index (χ0v) is 11.2. The van der Waals surface area contributed by atoms with Crippen molar-refractivity contribution in [3.8, 4) is 5.75 Å². The summed E-state index contributed by atoms with van der Waals surface area (Å²) in [5, 5.41) is 12.0. The number of furan rings is 1. The fourth-order valence-electron chi connectivity index (χ4n) is 1.82. The number of aryl methyl sites for hydroxylation is 1. The fourth-order valence-corrected chi connectivity index (χ4v) is 1.82. The highest BCUT2D eigenvalue weighted by Crippen LogP contribution is 2.22. The summed E-state index contributed by atoms with van der Waals surface area (Å²) >= 11 is 0. The molecule has 0 radical (unpaired) electrons. The normalized spacial score (nSPS) is 12.2. The molecule has 0 aliphatic rings. The van der Waals surface area contributed by atoms with E-state index in [9.17, 15) is 0 Å². The number of ether oxygens (including phenoxy) is 1. The van der Waals surface area contributed by atoms with E-state index in [0.29, 0.717) is 6.61 Å². The Bertz CT molecular complexity index is 504. The van der Waals surface area contributed by atoms with E-state index in [1.54, 1.807) is 0 Å². The maximum atomic E-state index is 8.68. The lowest BCUT2D eigenvalue weighted by Crippen LogP contribution is -2.05. The maximum Gasteiger partial charge on any atom is 0.126 e. The van der Waals surface area contributed by atoms with Gasteiger partial charge in [0.1, 0.15) is 23.9 Å². The van der Waals surface area contributed by atoms with Crippen LogP contribution in [0.1, 0.15) is 24.5 Å². The molecule has 0 bridgehead atoms. The second-order valence-electron chi connectivity index (χ2n) is 4.41. The van der Waals surface area contributed by atoms with Gasteiger partial charge in [-0.15, -0.1) is 0 Å². The molecule has 0 spiro atoms. The topological polar surface area (TPSA) is 54.6 Å². The van der Waals surface area contributed by atoms with Gasteiger partial charge >= 0.3 is 0 Å². The number of aliphatic hydroxyl groups is 1. The van der Waals surface area contributed by atoms with Crippen molar-refractivity contribution >= 4 is 5.69 Å². The maximum absolute atomic E-state index is 8.68. The van der Waals surface area contributed by atoms with E-state index in [-0.39, 0.29) is 12.6 Å². The first kappa shape index (κ1) is 13.5. The molecule has 19 heavy (non-hydrogen) atoms. The van der Waals surface area contributed by atoms with E-state index in [1.165, 1.54) is 0 Å². The van der Waals surface area contributed by atoms with Crippen molar-refractivity contribution in [1.29, 1.82) is 0 Å². The highest BCUT2D eigenvalue weighted by atomic mass is 16.5. The summed E-state index contributed by atoms with van der Waals surface area (Å²) in [6.07, 6.45) is 0. The average Bonchev–Trinajstić information content (AvgIpc) is 2.85. The van der Waals surface area contributed by atoms with Crippen LogP contribution in [0.2, 0.25) is 0 Å². The molecular formula is C15H19NO3. The van der Waals surface area contributed by atoms with Crippen LogP contribution in [-0.4, -0.2) is 18.3 Å². The molecule has 1 aromatic carbocycles. The second kappa shape index (κ2) is 6.29. The van der Waals surface area contributed by atoms with E-state index < -0.39 is 0 Å². The van der Waals surface area contributed by atoms with Crippen molar-refractivity contribution in [2.45, 2.75) is 19.9 Å². The Balaban J connectivity index is 1.95. The third-order valence-corrected chi connectivity index (χ3v) is 2.79. The number of rotatable bonds is 6. The molecule has 102 valence electrons. The summed E-state index contributed by atoms with van der Waals surface area (Å²) in [6, 6.07) is 11.7. The van der Waals surface area contributed by atoms with Crippen LogP contribution < -0.4 is 10.1 Å². The first-order valence-corrected chi connectivity index (χ1v) is 6.35. The number of benzene rings is 1. The first-order chi connectivity index (χ1) is 9.19. The van der Waals surface area contributed by atoms with Gasteiger partial charge in [0.25, 0.3) is 0 Å². The summed E-state index contributed by atoms with van der Waals surface area (Å²) in [7, 11) is 0. The Morgan fingerprint density at radius 2 is 1.95 bits per heavy atom. The van der Waals surface area contributed by atoms with Crippen molar-refractivity contribution < 1.29 is 14.3 Å². The number of hydrogen-bond donors (Lipinski definition) is 2. The summed E-state index contributed by atoms with van der Waals surface area (Å²) in [4.78, 5) is 0. The monoisotopic (exact) mass is 261 g/mol. The van der Waals surface area contributed by atoms with E-state index in [1.807, 2.05) is 43.3 Å². The lowest BCUT2D eigenvalue weighted by molar-refractivity contribution is 0.201. The Hall–Kier alpha value is -1.94. The van der Waals surface area contributed by atoms with Crippen LogP contribution in [0.3, 0.4) is 0 Å². The number of aliphatic hydroxyl groups excluding tert-OH is 1. The lowest BCUT2D eigenvalue weighted by atomic mass is 10.2. The van der Waals surface area contributed by atoms with Crippen LogP contribution in [0, 0.1) is 6.92 Å². The number of anilines is 1. The third-order valence-electron chi connectivity index (χ3n) is 2.79. The zero-order chi connectivity index (χ0) is 13.7. The van der Waals surface area contributed by atoms with E-state index in [2.05, 4.69) is 12.2 Å². The van der Waals surface area contributed by atoms with Gasteiger partial charge in [-0.3, -0.25) is 0 Å². The van der Waals surface area contributed by atoms with Gasteiger partial charge in [-0.05, 0) is 50.2 Å². The van der Waals surface area contributed by atoms with Crippen molar-refractivity contribution in [1.82, 2.24) is 0 Å². The molecule has 1 heterocycles. The standard InChI is InChI=1S/C15H19NO3/c1-11-3-8-15(19-11)12(2)16-13-4-6-14(7-5-13)18-10-9-17/h3-8,12,16-17H,9-10H2,1-2H3. The lowest BCUT2D eigenvalue weighted by Gasteiger charge is -2.13. The quantitative estimate of drug-likeness (QED) is 0.838. The summed E-state index contributed by atoms with van der Waals surface area (Å²) in [5.41, 5.74) is 0.998. The van der Waals surface area contributed by atoms with Gasteiger partial charge in [0.15, 0.2) is 0 Å². The minimum absolute atomic E-state index is 0.0227. The third kappa shape index (κ3) is 3.76. The summed E-state index contributed by atoms with van der Waals surface area (Å²) in [5.74, 6) is 2.58. The van der Waals surface area contributed by atoms with Crippen molar-refractivity contribution in [2.24, 2.45) is 0 Å². The van der Waals surface area contributed by atoms with Crippen LogP contribution in [0.15, 0.2) is 40.8 Å². The average molecular weight is 261 g/mol. The van der Waals surface area contributed by atoms with Gasteiger partial charge in [-0.25, -0.2) is 0 Å². The highest BCUT2D eigenvalue weighted by Gasteiger charge is 2.09. The molecule has 1 aromatic heterocycles.